The van der Waals surface area contributed by atoms with Crippen molar-refractivity contribution in [2.75, 3.05) is 14.2 Å². The van der Waals surface area contributed by atoms with Gasteiger partial charge in [-0.3, -0.25) is 0 Å². The van der Waals surface area contributed by atoms with Crippen LogP contribution in [0, 0.1) is 0 Å². The van der Waals surface area contributed by atoms with E-state index in [1.54, 1.807) is 53.2 Å². The molecule has 1 heterocycles. The van der Waals surface area contributed by atoms with Gasteiger partial charge in [0.15, 0.2) is 23.0 Å². The number of hydrogen-bond acceptors (Lipinski definition) is 7. The molecule has 0 aliphatic rings. The van der Waals surface area contributed by atoms with Gasteiger partial charge in [-0.1, -0.05) is 36.4 Å². The van der Waals surface area contributed by atoms with Crippen LogP contribution in [0.25, 0.3) is 30.0 Å². The number of phenolic OH excluding ortho intramolecular Hbond substituents is 2. The van der Waals surface area contributed by atoms with E-state index in [1.807, 2.05) is 30.4 Å². The van der Waals surface area contributed by atoms with Gasteiger partial charge in [0.05, 0.1) is 37.3 Å². The zero-order valence-corrected chi connectivity index (χ0v) is 22.6. The van der Waals surface area contributed by atoms with E-state index in [0.29, 0.717) is 22.9 Å². The Balaban J connectivity index is 0.00000380. The Bertz CT molecular complexity index is 1460. The predicted octanol–water partition coefficient (Wildman–Crippen LogP) is 1.01. The van der Waals surface area contributed by atoms with Crippen molar-refractivity contribution >= 4 is 30.3 Å². The van der Waals surface area contributed by atoms with Crippen molar-refractivity contribution in [2.24, 2.45) is 0 Å². The summed E-state index contributed by atoms with van der Waals surface area (Å²) in [6, 6.07) is 18.1. The summed E-state index contributed by atoms with van der Waals surface area (Å²) in [6.45, 7) is 0. The Kier molecular flexibility index (Phi) is 9.19. The van der Waals surface area contributed by atoms with Gasteiger partial charge in [-0.15, -0.1) is 0 Å². The number of aromatic carboxylic acids is 1. The normalized spacial score (nSPS) is 11.0. The number of methoxy groups -OCH3 is 2. The summed E-state index contributed by atoms with van der Waals surface area (Å²) >= 11 is 0. The van der Waals surface area contributed by atoms with Crippen molar-refractivity contribution in [1.82, 2.24) is 9.78 Å². The van der Waals surface area contributed by atoms with Crippen molar-refractivity contribution in [3.63, 3.8) is 0 Å². The number of benzene rings is 3. The van der Waals surface area contributed by atoms with E-state index in [2.05, 4.69) is 5.10 Å². The number of carboxylic acids is 1. The summed E-state index contributed by atoms with van der Waals surface area (Å²) in [7, 11) is 2.97. The Morgan fingerprint density at radius 1 is 0.811 bits per heavy atom. The van der Waals surface area contributed by atoms with Gasteiger partial charge in [0.2, 0.25) is 0 Å². The number of ether oxygens (including phenoxy) is 2. The molecule has 4 rings (SSSR count). The summed E-state index contributed by atoms with van der Waals surface area (Å²) in [6.07, 6.45) is 7.36. The summed E-state index contributed by atoms with van der Waals surface area (Å²) in [5, 5.41) is 35.4. The average Bonchev–Trinajstić information content (AvgIpc) is 3.30. The number of aromatic hydroxyl groups is 2. The minimum Gasteiger partial charge on any atom is -0.545 e. The molecule has 1 aromatic heterocycles. The molecule has 8 nitrogen and oxygen atoms in total. The van der Waals surface area contributed by atoms with Crippen molar-refractivity contribution in [2.45, 2.75) is 0 Å². The van der Waals surface area contributed by atoms with Crippen LogP contribution in [0.2, 0.25) is 0 Å². The summed E-state index contributed by atoms with van der Waals surface area (Å²) < 4.78 is 12.0. The maximum atomic E-state index is 11.1. The molecule has 2 N–H and O–H groups in total. The quantitative estimate of drug-likeness (QED) is 0.343. The van der Waals surface area contributed by atoms with Crippen LogP contribution >= 0.6 is 0 Å². The number of phenols is 2. The molecule has 0 bridgehead atoms. The molecule has 0 spiro atoms. The molecule has 0 fully saturated rings. The third-order valence-corrected chi connectivity index (χ3v) is 5.40. The van der Waals surface area contributed by atoms with Gasteiger partial charge in [0.25, 0.3) is 0 Å². The molecule has 0 saturated heterocycles. The minimum absolute atomic E-state index is 0. The molecule has 182 valence electrons. The number of carbonyl (C=O) groups excluding carboxylic acids is 1. The first kappa shape index (κ1) is 27.6. The van der Waals surface area contributed by atoms with E-state index in [9.17, 15) is 20.1 Å². The molecule has 37 heavy (non-hydrogen) atoms. The first-order chi connectivity index (χ1) is 17.4. The van der Waals surface area contributed by atoms with Crippen LogP contribution in [0.1, 0.15) is 32.9 Å². The van der Waals surface area contributed by atoms with Gasteiger partial charge >= 0.3 is 29.6 Å². The fraction of sp³-hybridized carbons (Fsp3) is 0.0714. The summed E-state index contributed by atoms with van der Waals surface area (Å²) in [4.78, 5) is 11.1. The van der Waals surface area contributed by atoms with Crippen LogP contribution < -0.4 is 44.1 Å². The molecule has 0 unspecified atom stereocenters. The molecular weight excluding hydrogens is 483 g/mol. The van der Waals surface area contributed by atoms with Crippen molar-refractivity contribution in [1.29, 1.82) is 0 Å². The molecule has 3 aromatic carbocycles. The van der Waals surface area contributed by atoms with Crippen molar-refractivity contribution < 1.29 is 59.1 Å². The van der Waals surface area contributed by atoms with E-state index in [4.69, 9.17) is 9.47 Å². The zero-order valence-electron chi connectivity index (χ0n) is 20.6. The number of aromatic nitrogens is 2. The van der Waals surface area contributed by atoms with E-state index in [-0.39, 0.29) is 46.6 Å². The van der Waals surface area contributed by atoms with Crippen LogP contribution in [0.3, 0.4) is 0 Å². The van der Waals surface area contributed by atoms with Crippen LogP contribution in [-0.4, -0.2) is 40.2 Å². The number of carbonyl (C=O) groups is 1. The largest absolute Gasteiger partial charge is 1.00 e. The van der Waals surface area contributed by atoms with E-state index in [0.717, 1.165) is 16.8 Å². The Morgan fingerprint density at radius 3 is 1.86 bits per heavy atom. The van der Waals surface area contributed by atoms with Crippen molar-refractivity contribution in [3.05, 3.63) is 94.8 Å². The van der Waals surface area contributed by atoms with Crippen LogP contribution in [0.15, 0.2) is 66.7 Å². The Hall–Kier alpha value is -3.98. The molecule has 0 aliphatic heterocycles. The van der Waals surface area contributed by atoms with E-state index < -0.39 is 5.97 Å². The van der Waals surface area contributed by atoms with Crippen LogP contribution in [-0.2, 0) is 0 Å². The van der Waals surface area contributed by atoms with Gasteiger partial charge in [0.1, 0.15) is 0 Å². The second-order valence-corrected chi connectivity index (χ2v) is 7.77. The maximum absolute atomic E-state index is 11.1. The fourth-order valence-electron chi connectivity index (χ4n) is 3.52. The third-order valence-electron chi connectivity index (χ3n) is 5.40. The first-order valence-corrected chi connectivity index (χ1v) is 10.9. The minimum atomic E-state index is -1.25. The van der Waals surface area contributed by atoms with Gasteiger partial charge in [-0.05, 0) is 71.3 Å². The second-order valence-electron chi connectivity index (χ2n) is 7.77. The van der Waals surface area contributed by atoms with Crippen molar-refractivity contribution in [3.8, 4) is 28.7 Å². The van der Waals surface area contributed by atoms with E-state index >= 15 is 0 Å². The number of hydrogen-bond donors (Lipinski definition) is 2. The average molecular weight is 506 g/mol. The van der Waals surface area contributed by atoms with Gasteiger partial charge in [0, 0.05) is 0 Å². The number of rotatable bonds is 8. The van der Waals surface area contributed by atoms with E-state index in [1.165, 1.54) is 26.4 Å². The predicted molar refractivity (Wildman–Crippen MR) is 135 cm³/mol. The molecule has 0 amide bonds. The molecule has 0 atom stereocenters. The molecular formula is C28H23N2NaO6. The molecule has 0 aliphatic carbocycles. The topological polar surface area (TPSA) is 117 Å². The maximum Gasteiger partial charge on any atom is 1.00 e. The van der Waals surface area contributed by atoms with Gasteiger partial charge < -0.3 is 29.6 Å². The molecule has 4 aromatic rings. The monoisotopic (exact) mass is 506 g/mol. The third kappa shape index (κ3) is 6.62. The first-order valence-electron chi connectivity index (χ1n) is 10.9. The number of nitrogens with zero attached hydrogens (tertiary/aromatic N) is 2. The SMILES string of the molecule is COc1cc(/C=C/c2cc(/C=C/c3ccc(O)c(OC)c3)n(-c3ccc(C(=O)[O-])cc3)n2)ccc1O.[Na+]. The Labute approximate surface area is 236 Å². The molecule has 0 saturated carbocycles. The second kappa shape index (κ2) is 12.3. The standard InChI is InChI=1S/C28H24N2O6.Na/c1-35-26-15-18(5-13-24(26)31)3-9-21-17-23(10-4-19-6-14-25(32)27(16-19)36-2)30(29-21)22-11-7-20(8-12-22)28(33)34;/h3-17,31-32H,1-2H3,(H,33,34);/q;+1/p-1/b9-3+,10-4+;. The Morgan fingerprint density at radius 2 is 1.35 bits per heavy atom. The van der Waals surface area contributed by atoms with Gasteiger partial charge in [-0.2, -0.15) is 5.10 Å². The number of carboxylic acid groups (broad SMARTS) is 1. The smallest absolute Gasteiger partial charge is 0.545 e. The summed E-state index contributed by atoms with van der Waals surface area (Å²) in [5.74, 6) is -0.431. The fourth-order valence-corrected chi connectivity index (χ4v) is 3.52. The molecule has 0 radical (unpaired) electrons. The zero-order chi connectivity index (χ0) is 25.7. The molecule has 9 heteroatoms. The van der Waals surface area contributed by atoms with Crippen LogP contribution in [0.4, 0.5) is 0 Å². The van der Waals surface area contributed by atoms with Gasteiger partial charge in [-0.25, -0.2) is 4.68 Å². The summed E-state index contributed by atoms with van der Waals surface area (Å²) in [5.41, 5.74) is 3.72. The van der Waals surface area contributed by atoms with Crippen LogP contribution in [0.5, 0.6) is 23.0 Å².